The molecule has 1 unspecified atom stereocenters. The van der Waals surface area contributed by atoms with E-state index in [0.29, 0.717) is 19.2 Å². The lowest BCUT2D eigenvalue weighted by atomic mass is 9.95. The summed E-state index contributed by atoms with van der Waals surface area (Å²) in [6.45, 7) is 0.952. The SMILES string of the molecule is OC(CNC1CC[CH]CC1)COc1ccccc1. The normalized spacial score (nSPS) is 18.5. The highest BCUT2D eigenvalue weighted by Crippen LogP contribution is 2.16. The topological polar surface area (TPSA) is 41.5 Å². The number of benzene rings is 1. The summed E-state index contributed by atoms with van der Waals surface area (Å²) in [6, 6.07) is 10.2. The molecule has 1 radical (unpaired) electrons. The predicted molar refractivity (Wildman–Crippen MR) is 72.5 cm³/mol. The highest BCUT2D eigenvalue weighted by atomic mass is 16.5. The van der Waals surface area contributed by atoms with Crippen LogP contribution in [0.15, 0.2) is 30.3 Å². The second-order valence-electron chi connectivity index (χ2n) is 4.83. The molecule has 0 heterocycles. The molecule has 3 heteroatoms. The van der Waals surface area contributed by atoms with Gasteiger partial charge in [-0.1, -0.05) is 18.2 Å². The van der Waals surface area contributed by atoms with Crippen molar-refractivity contribution in [1.82, 2.24) is 5.32 Å². The summed E-state index contributed by atoms with van der Waals surface area (Å²) < 4.78 is 5.51. The average Bonchev–Trinajstić information content (AvgIpc) is 2.45. The fourth-order valence-electron chi connectivity index (χ4n) is 2.20. The molecule has 1 aromatic rings. The van der Waals surface area contributed by atoms with Gasteiger partial charge in [0.2, 0.25) is 0 Å². The van der Waals surface area contributed by atoms with Gasteiger partial charge in [-0.2, -0.15) is 0 Å². The van der Waals surface area contributed by atoms with Crippen LogP contribution in [-0.2, 0) is 0 Å². The van der Waals surface area contributed by atoms with Crippen molar-refractivity contribution in [2.24, 2.45) is 0 Å². The average molecular weight is 248 g/mol. The van der Waals surface area contributed by atoms with Crippen LogP contribution < -0.4 is 10.1 Å². The van der Waals surface area contributed by atoms with Crippen LogP contribution in [-0.4, -0.2) is 30.4 Å². The quantitative estimate of drug-likeness (QED) is 0.810. The van der Waals surface area contributed by atoms with Gasteiger partial charge >= 0.3 is 0 Å². The van der Waals surface area contributed by atoms with Crippen LogP contribution in [0.2, 0.25) is 0 Å². The highest BCUT2D eigenvalue weighted by Gasteiger charge is 2.14. The van der Waals surface area contributed by atoms with Gasteiger partial charge in [0.1, 0.15) is 18.5 Å². The number of para-hydroxylation sites is 1. The molecule has 1 saturated carbocycles. The molecule has 1 aliphatic carbocycles. The molecular weight excluding hydrogens is 226 g/mol. The van der Waals surface area contributed by atoms with E-state index in [2.05, 4.69) is 11.7 Å². The number of nitrogens with one attached hydrogen (secondary N) is 1. The Morgan fingerprint density at radius 2 is 1.94 bits per heavy atom. The second kappa shape index (κ2) is 7.39. The van der Waals surface area contributed by atoms with Crippen LogP contribution in [0.25, 0.3) is 0 Å². The molecule has 1 atom stereocenters. The minimum atomic E-state index is -0.448. The van der Waals surface area contributed by atoms with Gasteiger partial charge in [0, 0.05) is 12.6 Å². The van der Waals surface area contributed by atoms with Gasteiger partial charge in [-0.25, -0.2) is 0 Å². The summed E-state index contributed by atoms with van der Waals surface area (Å²) in [7, 11) is 0. The first-order valence-electron chi connectivity index (χ1n) is 6.75. The van der Waals surface area contributed by atoms with E-state index >= 15 is 0 Å². The number of aliphatic hydroxyl groups excluding tert-OH is 1. The molecular formula is C15H22NO2. The van der Waals surface area contributed by atoms with Gasteiger partial charge in [-0.05, 0) is 44.2 Å². The molecule has 99 valence electrons. The Morgan fingerprint density at radius 1 is 1.22 bits per heavy atom. The van der Waals surface area contributed by atoms with Crippen LogP contribution in [0, 0.1) is 6.42 Å². The number of hydrogen-bond donors (Lipinski definition) is 2. The molecule has 3 nitrogen and oxygen atoms in total. The Kier molecular flexibility index (Phi) is 5.49. The zero-order chi connectivity index (χ0) is 12.6. The Hall–Kier alpha value is -1.06. The van der Waals surface area contributed by atoms with Crippen molar-refractivity contribution in [3.8, 4) is 5.75 Å². The van der Waals surface area contributed by atoms with Gasteiger partial charge in [-0.15, -0.1) is 0 Å². The Balaban J connectivity index is 1.61. The Morgan fingerprint density at radius 3 is 2.67 bits per heavy atom. The van der Waals surface area contributed by atoms with Gasteiger partial charge in [0.15, 0.2) is 0 Å². The first kappa shape index (κ1) is 13.4. The Bertz CT molecular complexity index is 323. The summed E-state index contributed by atoms with van der Waals surface area (Å²) in [5, 5.41) is 13.3. The maximum absolute atomic E-state index is 9.85. The maximum Gasteiger partial charge on any atom is 0.119 e. The van der Waals surface area contributed by atoms with Crippen molar-refractivity contribution in [1.29, 1.82) is 0 Å². The molecule has 1 aromatic carbocycles. The third-order valence-corrected chi connectivity index (χ3v) is 3.27. The van der Waals surface area contributed by atoms with Crippen molar-refractivity contribution >= 4 is 0 Å². The first-order valence-corrected chi connectivity index (χ1v) is 6.75. The van der Waals surface area contributed by atoms with Gasteiger partial charge in [0.25, 0.3) is 0 Å². The fourth-order valence-corrected chi connectivity index (χ4v) is 2.20. The molecule has 1 aliphatic rings. The van der Waals surface area contributed by atoms with E-state index in [1.165, 1.54) is 25.7 Å². The molecule has 0 aliphatic heterocycles. The highest BCUT2D eigenvalue weighted by molar-refractivity contribution is 5.20. The van der Waals surface area contributed by atoms with E-state index in [1.807, 2.05) is 30.3 Å². The van der Waals surface area contributed by atoms with Crippen LogP contribution in [0.5, 0.6) is 5.75 Å². The molecule has 0 aromatic heterocycles. The number of aliphatic hydroxyl groups is 1. The molecule has 0 bridgehead atoms. The summed E-state index contributed by atoms with van der Waals surface area (Å²) in [5.41, 5.74) is 0. The van der Waals surface area contributed by atoms with E-state index in [1.54, 1.807) is 0 Å². The van der Waals surface area contributed by atoms with E-state index in [0.717, 1.165) is 5.75 Å². The number of rotatable bonds is 6. The summed E-state index contributed by atoms with van der Waals surface area (Å²) in [5.74, 6) is 0.809. The number of ether oxygens (including phenoxy) is 1. The van der Waals surface area contributed by atoms with Crippen molar-refractivity contribution in [3.05, 3.63) is 36.8 Å². The fraction of sp³-hybridized carbons (Fsp3) is 0.533. The smallest absolute Gasteiger partial charge is 0.119 e. The van der Waals surface area contributed by atoms with Crippen LogP contribution in [0.3, 0.4) is 0 Å². The van der Waals surface area contributed by atoms with E-state index < -0.39 is 6.10 Å². The minimum Gasteiger partial charge on any atom is -0.491 e. The molecule has 0 saturated heterocycles. The van der Waals surface area contributed by atoms with Crippen LogP contribution >= 0.6 is 0 Å². The molecule has 2 N–H and O–H groups in total. The van der Waals surface area contributed by atoms with Gasteiger partial charge < -0.3 is 15.2 Å². The molecule has 0 spiro atoms. The first-order chi connectivity index (χ1) is 8.84. The zero-order valence-corrected chi connectivity index (χ0v) is 10.7. The van der Waals surface area contributed by atoms with E-state index in [4.69, 9.17) is 4.74 Å². The predicted octanol–water partition coefficient (Wildman–Crippen LogP) is 2.16. The van der Waals surface area contributed by atoms with Crippen molar-refractivity contribution in [2.75, 3.05) is 13.2 Å². The second-order valence-corrected chi connectivity index (χ2v) is 4.83. The molecule has 18 heavy (non-hydrogen) atoms. The minimum absolute atomic E-state index is 0.343. The van der Waals surface area contributed by atoms with Gasteiger partial charge in [0.05, 0.1) is 0 Å². The maximum atomic E-state index is 9.85. The lowest BCUT2D eigenvalue weighted by molar-refractivity contribution is 0.102. The van der Waals surface area contributed by atoms with Crippen molar-refractivity contribution < 1.29 is 9.84 Å². The van der Waals surface area contributed by atoms with Gasteiger partial charge in [-0.3, -0.25) is 0 Å². The van der Waals surface area contributed by atoms with Crippen molar-refractivity contribution in [2.45, 2.75) is 37.8 Å². The lowest BCUT2D eigenvalue weighted by Gasteiger charge is -2.24. The third-order valence-electron chi connectivity index (χ3n) is 3.27. The standard InChI is InChI=1S/C15H22NO2/c17-14(11-16-13-7-3-1-4-8-13)12-18-15-9-5-2-6-10-15/h1-2,5-6,9-10,13-14,16-17H,3-4,7-8,11-12H2. The molecule has 1 fully saturated rings. The monoisotopic (exact) mass is 248 g/mol. The van der Waals surface area contributed by atoms with Crippen LogP contribution in [0.4, 0.5) is 0 Å². The Labute approximate surface area is 109 Å². The zero-order valence-electron chi connectivity index (χ0n) is 10.7. The van der Waals surface area contributed by atoms with Crippen molar-refractivity contribution in [3.63, 3.8) is 0 Å². The molecule has 0 amide bonds. The summed E-state index contributed by atoms with van der Waals surface area (Å²) in [6.07, 6.45) is 6.64. The molecule has 2 rings (SSSR count). The lowest BCUT2D eigenvalue weighted by Crippen LogP contribution is -2.39. The third kappa shape index (κ3) is 4.67. The van der Waals surface area contributed by atoms with Crippen LogP contribution in [0.1, 0.15) is 25.7 Å². The summed E-state index contributed by atoms with van der Waals surface area (Å²) >= 11 is 0. The van der Waals surface area contributed by atoms with E-state index in [9.17, 15) is 5.11 Å². The number of hydrogen-bond acceptors (Lipinski definition) is 3. The summed E-state index contributed by atoms with van der Waals surface area (Å²) in [4.78, 5) is 0. The van der Waals surface area contributed by atoms with E-state index in [-0.39, 0.29) is 0 Å². The largest absolute Gasteiger partial charge is 0.491 e.